The largest absolute Gasteiger partial charge is 0.381 e. The molecule has 0 N–H and O–H groups in total. The highest BCUT2D eigenvalue weighted by Crippen LogP contribution is 2.29. The molecule has 0 aliphatic carbocycles. The molecule has 1 fully saturated rings. The first-order chi connectivity index (χ1) is 15.6. The Morgan fingerprint density at radius 2 is 1.97 bits per heavy atom. The molecular weight excluding hydrogens is 426 g/mol. The number of carbonyl (C=O) groups excluding carboxylic acids is 1. The van der Waals surface area contributed by atoms with Gasteiger partial charge in [-0.25, -0.2) is 0 Å². The molecule has 0 saturated carbocycles. The number of aromatic nitrogens is 2. The maximum atomic E-state index is 13.6. The fourth-order valence-corrected chi connectivity index (χ4v) is 4.84. The van der Waals surface area contributed by atoms with E-state index in [4.69, 9.17) is 16.3 Å². The van der Waals surface area contributed by atoms with E-state index in [0.717, 1.165) is 23.2 Å². The first-order valence-electron chi connectivity index (χ1n) is 10.9. The molecule has 0 bridgehead atoms. The van der Waals surface area contributed by atoms with E-state index < -0.39 is 0 Å². The van der Waals surface area contributed by atoms with Crippen molar-refractivity contribution in [3.05, 3.63) is 87.1 Å². The summed E-state index contributed by atoms with van der Waals surface area (Å²) in [7, 11) is 0. The number of fused-ring (bicyclic) bond motifs is 1. The number of rotatable bonds is 4. The first kappa shape index (κ1) is 20.9. The number of amides is 1. The van der Waals surface area contributed by atoms with Crippen LogP contribution in [0, 0.1) is 5.92 Å². The van der Waals surface area contributed by atoms with Crippen LogP contribution in [0.1, 0.15) is 23.2 Å². The summed E-state index contributed by atoms with van der Waals surface area (Å²) in [4.78, 5) is 32.6. The molecule has 6 nitrogen and oxygen atoms in total. The van der Waals surface area contributed by atoms with Crippen LogP contribution in [-0.2, 0) is 29.0 Å². The van der Waals surface area contributed by atoms with Crippen LogP contribution in [0.5, 0.6) is 0 Å². The van der Waals surface area contributed by atoms with E-state index in [9.17, 15) is 9.59 Å². The highest BCUT2D eigenvalue weighted by atomic mass is 35.5. The topological polar surface area (TPSA) is 64.4 Å². The molecule has 164 valence electrons. The monoisotopic (exact) mass is 449 g/mol. The second-order valence-electron chi connectivity index (χ2n) is 8.33. The molecule has 1 aromatic carbocycles. The third kappa shape index (κ3) is 3.96. The van der Waals surface area contributed by atoms with E-state index in [1.165, 1.54) is 0 Å². The lowest BCUT2D eigenvalue weighted by Crippen LogP contribution is -2.42. The van der Waals surface area contributed by atoms with Crippen molar-refractivity contribution in [1.82, 2.24) is 14.5 Å². The van der Waals surface area contributed by atoms with E-state index in [-0.39, 0.29) is 17.4 Å². The molecule has 5 rings (SSSR count). The van der Waals surface area contributed by atoms with Gasteiger partial charge in [-0.3, -0.25) is 14.6 Å². The Bertz CT molecular complexity index is 1200. The van der Waals surface area contributed by atoms with Crippen molar-refractivity contribution in [2.24, 2.45) is 5.92 Å². The number of halogens is 1. The summed E-state index contributed by atoms with van der Waals surface area (Å²) in [5.74, 6) is 0.0710. The molecule has 0 spiro atoms. The van der Waals surface area contributed by atoms with Gasteiger partial charge in [-0.2, -0.15) is 0 Å². The van der Waals surface area contributed by atoms with Gasteiger partial charge in [0.2, 0.25) is 5.91 Å². The second kappa shape index (κ2) is 8.88. The van der Waals surface area contributed by atoms with Gasteiger partial charge < -0.3 is 14.2 Å². The number of pyridine rings is 2. The zero-order chi connectivity index (χ0) is 22.1. The number of hydrogen-bond donors (Lipinski definition) is 0. The predicted octanol–water partition coefficient (Wildman–Crippen LogP) is 3.53. The lowest BCUT2D eigenvalue weighted by Gasteiger charge is -2.32. The minimum Gasteiger partial charge on any atom is -0.381 e. The van der Waals surface area contributed by atoms with Gasteiger partial charge in [0.25, 0.3) is 5.56 Å². The molecule has 4 heterocycles. The summed E-state index contributed by atoms with van der Waals surface area (Å²) in [6.07, 6.45) is 4.87. The average Bonchev–Trinajstić information content (AvgIpc) is 3.36. The number of hydrogen-bond acceptors (Lipinski definition) is 4. The SMILES string of the molecule is O=C(C1CCOC1)N1CCc2c(cc(-c3ccccc3Cl)c(=O)n2Cc2ccncc2)C1. The summed E-state index contributed by atoms with van der Waals surface area (Å²) in [6.45, 7) is 2.67. The third-order valence-electron chi connectivity index (χ3n) is 6.32. The Balaban J connectivity index is 1.58. The molecule has 1 amide bonds. The fraction of sp³-hybridized carbons (Fsp3) is 0.320. The molecule has 2 aliphatic rings. The number of benzene rings is 1. The Kier molecular flexibility index (Phi) is 5.81. The molecular formula is C25H24ClN3O3. The average molecular weight is 450 g/mol. The summed E-state index contributed by atoms with van der Waals surface area (Å²) in [6, 6.07) is 13.1. The van der Waals surface area contributed by atoms with Crippen molar-refractivity contribution < 1.29 is 9.53 Å². The second-order valence-corrected chi connectivity index (χ2v) is 8.73. The lowest BCUT2D eigenvalue weighted by molar-refractivity contribution is -0.136. The third-order valence-corrected chi connectivity index (χ3v) is 6.64. The van der Waals surface area contributed by atoms with E-state index in [2.05, 4.69) is 4.98 Å². The van der Waals surface area contributed by atoms with Crippen molar-refractivity contribution in [2.75, 3.05) is 19.8 Å². The van der Waals surface area contributed by atoms with Crippen molar-refractivity contribution in [3.8, 4) is 11.1 Å². The maximum Gasteiger partial charge on any atom is 0.259 e. The molecule has 1 saturated heterocycles. The van der Waals surface area contributed by atoms with Crippen LogP contribution in [0.3, 0.4) is 0 Å². The zero-order valence-corrected chi connectivity index (χ0v) is 18.4. The fourth-order valence-electron chi connectivity index (χ4n) is 4.60. The van der Waals surface area contributed by atoms with Crippen LogP contribution in [0.15, 0.2) is 59.7 Å². The minimum atomic E-state index is -0.0716. The van der Waals surface area contributed by atoms with Gasteiger partial charge in [-0.05, 0) is 41.8 Å². The maximum absolute atomic E-state index is 13.6. The Morgan fingerprint density at radius 1 is 1.16 bits per heavy atom. The van der Waals surface area contributed by atoms with Crippen molar-refractivity contribution in [2.45, 2.75) is 25.9 Å². The van der Waals surface area contributed by atoms with Gasteiger partial charge in [0.05, 0.1) is 19.1 Å². The molecule has 2 aromatic heterocycles. The highest BCUT2D eigenvalue weighted by Gasteiger charge is 2.31. The van der Waals surface area contributed by atoms with Gasteiger partial charge in [-0.1, -0.05) is 29.8 Å². The number of carbonyl (C=O) groups is 1. The molecule has 1 atom stereocenters. The minimum absolute atomic E-state index is 0.0673. The molecule has 0 radical (unpaired) electrons. The Labute approximate surface area is 191 Å². The van der Waals surface area contributed by atoms with Gasteiger partial charge in [0.15, 0.2) is 0 Å². The van der Waals surface area contributed by atoms with Crippen molar-refractivity contribution in [3.63, 3.8) is 0 Å². The standard InChI is InChI=1S/C25H24ClN3O3/c26-22-4-2-1-3-20(22)21-13-19-15-28(24(30)18-8-12-32-16-18)11-7-23(19)29(25(21)31)14-17-5-9-27-10-6-17/h1-6,9-10,13,18H,7-8,11-12,14-16H2. The van der Waals surface area contributed by atoms with Crippen molar-refractivity contribution in [1.29, 1.82) is 0 Å². The van der Waals surface area contributed by atoms with Crippen LogP contribution in [0.2, 0.25) is 5.02 Å². The van der Waals surface area contributed by atoms with Gasteiger partial charge >= 0.3 is 0 Å². The lowest BCUT2D eigenvalue weighted by atomic mass is 9.97. The van der Waals surface area contributed by atoms with Crippen LogP contribution in [0.4, 0.5) is 0 Å². The normalized spacial score (nSPS) is 17.9. The van der Waals surface area contributed by atoms with Crippen LogP contribution < -0.4 is 5.56 Å². The van der Waals surface area contributed by atoms with E-state index in [1.54, 1.807) is 18.5 Å². The zero-order valence-electron chi connectivity index (χ0n) is 17.7. The Morgan fingerprint density at radius 3 is 2.72 bits per heavy atom. The summed E-state index contributed by atoms with van der Waals surface area (Å²) >= 11 is 6.46. The molecule has 2 aliphatic heterocycles. The van der Waals surface area contributed by atoms with Crippen molar-refractivity contribution >= 4 is 17.5 Å². The van der Waals surface area contributed by atoms with E-state index in [0.29, 0.717) is 55.4 Å². The Hall–Kier alpha value is -2.96. The van der Waals surface area contributed by atoms with E-state index >= 15 is 0 Å². The first-order valence-corrected chi connectivity index (χ1v) is 11.3. The smallest absolute Gasteiger partial charge is 0.259 e. The molecule has 32 heavy (non-hydrogen) atoms. The number of nitrogens with zero attached hydrogens (tertiary/aromatic N) is 3. The molecule has 3 aromatic rings. The summed E-state index contributed by atoms with van der Waals surface area (Å²) in [5, 5.41) is 0.534. The van der Waals surface area contributed by atoms with Crippen LogP contribution in [0.25, 0.3) is 11.1 Å². The molecule has 7 heteroatoms. The van der Waals surface area contributed by atoms with Gasteiger partial charge in [0.1, 0.15) is 0 Å². The quantitative estimate of drug-likeness (QED) is 0.611. The molecule has 1 unspecified atom stereocenters. The number of ether oxygens (including phenoxy) is 1. The van der Waals surface area contributed by atoms with E-state index in [1.807, 2.05) is 45.9 Å². The van der Waals surface area contributed by atoms with Gasteiger partial charge in [-0.15, -0.1) is 0 Å². The van der Waals surface area contributed by atoms with Crippen LogP contribution in [-0.4, -0.2) is 40.1 Å². The summed E-state index contributed by atoms with van der Waals surface area (Å²) in [5.41, 5.74) is 4.17. The highest BCUT2D eigenvalue weighted by molar-refractivity contribution is 6.33. The predicted molar refractivity (Wildman–Crippen MR) is 123 cm³/mol. The van der Waals surface area contributed by atoms with Crippen LogP contribution >= 0.6 is 11.6 Å². The summed E-state index contributed by atoms with van der Waals surface area (Å²) < 4.78 is 7.25. The van der Waals surface area contributed by atoms with Gasteiger partial charge in [0, 0.05) is 60.4 Å².